The Morgan fingerprint density at radius 1 is 1.42 bits per heavy atom. The highest BCUT2D eigenvalue weighted by Crippen LogP contribution is 2.12. The zero-order chi connectivity index (χ0) is 14.3. The van der Waals surface area contributed by atoms with Crippen molar-refractivity contribution in [3.63, 3.8) is 0 Å². The van der Waals surface area contributed by atoms with Gasteiger partial charge in [-0.25, -0.2) is 0 Å². The zero-order valence-electron chi connectivity index (χ0n) is 11.3. The molecule has 4 nitrogen and oxygen atoms in total. The van der Waals surface area contributed by atoms with Gasteiger partial charge in [0, 0.05) is 23.0 Å². The Hall–Kier alpha value is -1.33. The lowest BCUT2D eigenvalue weighted by Crippen LogP contribution is -2.23. The number of rotatable bonds is 7. The molecule has 3 N–H and O–H groups in total. The number of hydrogen-bond acceptors (Lipinski definition) is 4. The molecular weight excluding hydrogens is 260 g/mol. The minimum absolute atomic E-state index is 0.0145. The molecule has 0 aromatic heterocycles. The van der Waals surface area contributed by atoms with Crippen molar-refractivity contribution in [3.8, 4) is 0 Å². The number of nitrogens with two attached hydrogens (primary N) is 1. The SMILES string of the molecule is CCC(N)CSCC(=O)Nc1cccc(C(C)=O)c1. The van der Waals surface area contributed by atoms with E-state index in [0.29, 0.717) is 17.0 Å². The molecule has 0 heterocycles. The van der Waals surface area contributed by atoms with Crippen LogP contribution in [0.1, 0.15) is 30.6 Å². The maximum atomic E-state index is 11.7. The number of hydrogen-bond donors (Lipinski definition) is 2. The minimum Gasteiger partial charge on any atom is -0.327 e. The summed E-state index contributed by atoms with van der Waals surface area (Å²) in [6, 6.07) is 7.08. The summed E-state index contributed by atoms with van der Waals surface area (Å²) >= 11 is 1.52. The first kappa shape index (κ1) is 15.7. The lowest BCUT2D eigenvalue weighted by molar-refractivity contribution is -0.113. The van der Waals surface area contributed by atoms with E-state index in [-0.39, 0.29) is 17.7 Å². The van der Waals surface area contributed by atoms with Crippen molar-refractivity contribution in [3.05, 3.63) is 29.8 Å². The standard InChI is InChI=1S/C14H20N2O2S/c1-3-12(15)8-19-9-14(18)16-13-6-4-5-11(7-13)10(2)17/h4-7,12H,3,8-9,15H2,1-2H3,(H,16,18). The van der Waals surface area contributed by atoms with Gasteiger partial charge < -0.3 is 11.1 Å². The molecule has 0 aliphatic carbocycles. The van der Waals surface area contributed by atoms with E-state index in [0.717, 1.165) is 12.2 Å². The summed E-state index contributed by atoms with van der Waals surface area (Å²) in [5, 5.41) is 2.78. The lowest BCUT2D eigenvalue weighted by Gasteiger charge is -2.09. The van der Waals surface area contributed by atoms with Crippen LogP contribution >= 0.6 is 11.8 Å². The number of ketones is 1. The van der Waals surface area contributed by atoms with Gasteiger partial charge in [0.1, 0.15) is 0 Å². The summed E-state index contributed by atoms with van der Waals surface area (Å²) in [7, 11) is 0. The van der Waals surface area contributed by atoms with Crippen LogP contribution in [0.3, 0.4) is 0 Å². The molecule has 0 spiro atoms. The fourth-order valence-corrected chi connectivity index (χ4v) is 2.35. The average molecular weight is 280 g/mol. The van der Waals surface area contributed by atoms with E-state index in [2.05, 4.69) is 5.32 Å². The summed E-state index contributed by atoms with van der Waals surface area (Å²) in [6.07, 6.45) is 0.912. The van der Waals surface area contributed by atoms with Gasteiger partial charge in [-0.15, -0.1) is 0 Å². The Bertz CT molecular complexity index is 449. The molecule has 0 saturated heterocycles. The maximum Gasteiger partial charge on any atom is 0.234 e. The summed E-state index contributed by atoms with van der Waals surface area (Å²) < 4.78 is 0. The quantitative estimate of drug-likeness (QED) is 0.752. The first-order valence-electron chi connectivity index (χ1n) is 6.27. The molecule has 0 aliphatic heterocycles. The second-order valence-corrected chi connectivity index (χ2v) is 5.40. The Labute approximate surface area is 118 Å². The Kier molecular flexibility index (Phi) is 6.59. The molecule has 1 rings (SSSR count). The fraction of sp³-hybridized carbons (Fsp3) is 0.429. The van der Waals surface area contributed by atoms with Gasteiger partial charge in [0.2, 0.25) is 5.91 Å². The highest BCUT2D eigenvalue weighted by molar-refractivity contribution is 8.00. The van der Waals surface area contributed by atoms with Gasteiger partial charge in [-0.3, -0.25) is 9.59 Å². The number of anilines is 1. The minimum atomic E-state index is -0.0750. The lowest BCUT2D eigenvalue weighted by atomic mass is 10.1. The third kappa shape index (κ3) is 5.89. The van der Waals surface area contributed by atoms with Gasteiger partial charge in [0.25, 0.3) is 0 Å². The van der Waals surface area contributed by atoms with Crippen LogP contribution in [0.25, 0.3) is 0 Å². The number of nitrogens with one attached hydrogen (secondary N) is 1. The van der Waals surface area contributed by atoms with Crippen molar-refractivity contribution in [2.24, 2.45) is 5.73 Å². The van der Waals surface area contributed by atoms with Crippen LogP contribution in [-0.2, 0) is 4.79 Å². The molecule has 0 aliphatic rings. The molecule has 1 aromatic rings. The first-order chi connectivity index (χ1) is 9.02. The number of thioether (sulfide) groups is 1. The third-order valence-electron chi connectivity index (χ3n) is 2.64. The van der Waals surface area contributed by atoms with Crippen molar-refractivity contribution in [2.45, 2.75) is 26.3 Å². The number of Topliss-reactive ketones (excluding diaryl/α,β-unsaturated/α-hetero) is 1. The average Bonchev–Trinajstić information content (AvgIpc) is 2.38. The van der Waals surface area contributed by atoms with E-state index in [1.807, 2.05) is 6.92 Å². The van der Waals surface area contributed by atoms with E-state index < -0.39 is 0 Å². The molecule has 19 heavy (non-hydrogen) atoms. The molecule has 0 radical (unpaired) electrons. The topological polar surface area (TPSA) is 72.2 Å². The van der Waals surface area contributed by atoms with Crippen LogP contribution < -0.4 is 11.1 Å². The summed E-state index contributed by atoms with van der Waals surface area (Å²) in [5.74, 6) is 1.06. The predicted molar refractivity (Wildman–Crippen MR) is 80.7 cm³/mol. The number of carbonyl (C=O) groups is 2. The van der Waals surface area contributed by atoms with E-state index >= 15 is 0 Å². The van der Waals surface area contributed by atoms with Crippen molar-refractivity contribution >= 4 is 29.1 Å². The Morgan fingerprint density at radius 3 is 2.79 bits per heavy atom. The van der Waals surface area contributed by atoms with E-state index in [9.17, 15) is 9.59 Å². The molecule has 1 atom stereocenters. The molecule has 0 saturated carbocycles. The van der Waals surface area contributed by atoms with Crippen molar-refractivity contribution in [1.82, 2.24) is 0 Å². The molecule has 0 bridgehead atoms. The van der Waals surface area contributed by atoms with Crippen LogP contribution in [0.4, 0.5) is 5.69 Å². The fourth-order valence-electron chi connectivity index (χ4n) is 1.43. The van der Waals surface area contributed by atoms with E-state index in [1.54, 1.807) is 24.3 Å². The van der Waals surface area contributed by atoms with Gasteiger partial charge in [0.15, 0.2) is 5.78 Å². The first-order valence-corrected chi connectivity index (χ1v) is 7.42. The molecule has 1 aromatic carbocycles. The summed E-state index contributed by atoms with van der Waals surface area (Å²) in [4.78, 5) is 22.9. The highest BCUT2D eigenvalue weighted by atomic mass is 32.2. The van der Waals surface area contributed by atoms with Gasteiger partial charge in [0.05, 0.1) is 5.75 Å². The number of benzene rings is 1. The van der Waals surface area contributed by atoms with Crippen LogP contribution in [0.5, 0.6) is 0 Å². The molecule has 0 fully saturated rings. The second-order valence-electron chi connectivity index (χ2n) is 4.37. The third-order valence-corrected chi connectivity index (χ3v) is 3.77. The Balaban J connectivity index is 2.44. The number of amides is 1. The monoisotopic (exact) mass is 280 g/mol. The number of carbonyl (C=O) groups excluding carboxylic acids is 2. The summed E-state index contributed by atoms with van der Waals surface area (Å²) in [6.45, 7) is 3.53. The zero-order valence-corrected chi connectivity index (χ0v) is 12.1. The van der Waals surface area contributed by atoms with Gasteiger partial charge in [-0.1, -0.05) is 19.1 Å². The Morgan fingerprint density at radius 2 is 2.16 bits per heavy atom. The van der Waals surface area contributed by atoms with Crippen molar-refractivity contribution < 1.29 is 9.59 Å². The largest absolute Gasteiger partial charge is 0.327 e. The van der Waals surface area contributed by atoms with E-state index in [1.165, 1.54) is 18.7 Å². The van der Waals surface area contributed by atoms with Crippen LogP contribution in [-0.4, -0.2) is 29.2 Å². The second kappa shape index (κ2) is 7.96. The highest BCUT2D eigenvalue weighted by Gasteiger charge is 2.06. The molecule has 104 valence electrons. The van der Waals surface area contributed by atoms with Crippen molar-refractivity contribution in [2.75, 3.05) is 16.8 Å². The van der Waals surface area contributed by atoms with Gasteiger partial charge in [-0.2, -0.15) is 11.8 Å². The normalized spacial score (nSPS) is 11.9. The molecular formula is C14H20N2O2S. The maximum absolute atomic E-state index is 11.7. The molecule has 1 amide bonds. The van der Waals surface area contributed by atoms with E-state index in [4.69, 9.17) is 5.73 Å². The van der Waals surface area contributed by atoms with Gasteiger partial charge >= 0.3 is 0 Å². The smallest absolute Gasteiger partial charge is 0.234 e. The molecule has 5 heteroatoms. The van der Waals surface area contributed by atoms with Crippen LogP contribution in [0, 0.1) is 0 Å². The predicted octanol–water partition coefficient (Wildman–Crippen LogP) is 2.30. The van der Waals surface area contributed by atoms with Crippen LogP contribution in [0.2, 0.25) is 0 Å². The van der Waals surface area contributed by atoms with Gasteiger partial charge in [-0.05, 0) is 25.5 Å². The summed E-state index contributed by atoms with van der Waals surface area (Å²) in [5.41, 5.74) is 7.02. The van der Waals surface area contributed by atoms with Crippen molar-refractivity contribution in [1.29, 1.82) is 0 Å². The van der Waals surface area contributed by atoms with Crippen LogP contribution in [0.15, 0.2) is 24.3 Å². The molecule has 1 unspecified atom stereocenters.